The number of benzene rings is 1. The van der Waals surface area contributed by atoms with Gasteiger partial charge in [0, 0.05) is 25.6 Å². The summed E-state index contributed by atoms with van der Waals surface area (Å²) >= 11 is 0. The van der Waals surface area contributed by atoms with Crippen LogP contribution >= 0.6 is 0 Å². The van der Waals surface area contributed by atoms with Crippen LogP contribution in [0.25, 0.3) is 0 Å². The van der Waals surface area contributed by atoms with Crippen LogP contribution < -0.4 is 5.32 Å². The zero-order valence-corrected chi connectivity index (χ0v) is 14.5. The van der Waals surface area contributed by atoms with Crippen LogP contribution in [0.1, 0.15) is 31.2 Å². The van der Waals surface area contributed by atoms with Gasteiger partial charge in [-0.2, -0.15) is 0 Å². The molecular formula is C19H27NO5. The molecule has 2 rings (SSSR count). The highest BCUT2D eigenvalue weighted by Crippen LogP contribution is 2.18. The van der Waals surface area contributed by atoms with E-state index in [-0.39, 0.29) is 18.2 Å². The van der Waals surface area contributed by atoms with E-state index in [0.717, 1.165) is 19.3 Å². The minimum Gasteiger partial charge on any atom is -0.480 e. The Balaban J connectivity index is 1.59. The van der Waals surface area contributed by atoms with E-state index in [1.54, 1.807) is 0 Å². The maximum atomic E-state index is 12.0. The van der Waals surface area contributed by atoms with Gasteiger partial charge in [0.1, 0.15) is 6.04 Å². The molecule has 138 valence electrons. The Morgan fingerprint density at radius 1 is 1.28 bits per heavy atom. The molecule has 6 nitrogen and oxygen atoms in total. The molecule has 2 unspecified atom stereocenters. The summed E-state index contributed by atoms with van der Waals surface area (Å²) in [5.74, 6) is -1.40. The van der Waals surface area contributed by atoms with Crippen molar-refractivity contribution in [3.8, 4) is 0 Å². The van der Waals surface area contributed by atoms with Gasteiger partial charge in [-0.25, -0.2) is 4.79 Å². The third-order valence-corrected chi connectivity index (χ3v) is 4.32. The van der Waals surface area contributed by atoms with Crippen LogP contribution in [0.4, 0.5) is 0 Å². The molecule has 0 aromatic heterocycles. The summed E-state index contributed by atoms with van der Waals surface area (Å²) in [7, 11) is 0. The molecule has 1 amide bonds. The fraction of sp³-hybridized carbons (Fsp3) is 0.579. The van der Waals surface area contributed by atoms with Crippen LogP contribution in [0.15, 0.2) is 30.3 Å². The second kappa shape index (κ2) is 10.8. The van der Waals surface area contributed by atoms with Crippen molar-refractivity contribution < 1.29 is 24.2 Å². The molecule has 0 bridgehead atoms. The van der Waals surface area contributed by atoms with E-state index in [1.165, 1.54) is 5.56 Å². The van der Waals surface area contributed by atoms with Gasteiger partial charge in [0.2, 0.25) is 5.91 Å². The van der Waals surface area contributed by atoms with Crippen LogP contribution in [-0.4, -0.2) is 49.5 Å². The molecule has 0 radical (unpaired) electrons. The summed E-state index contributed by atoms with van der Waals surface area (Å²) in [6, 6.07) is 9.21. The molecule has 1 aliphatic heterocycles. The van der Waals surface area contributed by atoms with Gasteiger partial charge in [-0.1, -0.05) is 30.3 Å². The lowest BCUT2D eigenvalue weighted by atomic mass is 9.93. The number of ether oxygens (including phenoxy) is 2. The van der Waals surface area contributed by atoms with E-state index in [2.05, 4.69) is 17.4 Å². The highest BCUT2D eigenvalue weighted by atomic mass is 16.5. The van der Waals surface area contributed by atoms with Crippen molar-refractivity contribution in [1.29, 1.82) is 0 Å². The predicted molar refractivity (Wildman–Crippen MR) is 93.3 cm³/mol. The zero-order chi connectivity index (χ0) is 17.9. The summed E-state index contributed by atoms with van der Waals surface area (Å²) in [4.78, 5) is 23.4. The number of aliphatic carboxylic acids is 1. The predicted octanol–water partition coefficient (Wildman–Crippen LogP) is 2.02. The Hall–Kier alpha value is -1.92. The largest absolute Gasteiger partial charge is 0.480 e. The third-order valence-electron chi connectivity index (χ3n) is 4.32. The Kier molecular flexibility index (Phi) is 8.42. The van der Waals surface area contributed by atoms with E-state index in [9.17, 15) is 14.7 Å². The number of rotatable bonds is 10. The summed E-state index contributed by atoms with van der Waals surface area (Å²) in [6.45, 7) is 2.16. The number of carbonyl (C=O) groups is 2. The molecule has 0 saturated carbocycles. The van der Waals surface area contributed by atoms with Crippen LogP contribution in [0, 0.1) is 5.92 Å². The van der Waals surface area contributed by atoms with E-state index < -0.39 is 12.0 Å². The first-order valence-electron chi connectivity index (χ1n) is 8.88. The highest BCUT2D eigenvalue weighted by Gasteiger charge is 2.31. The number of hydrogen-bond donors (Lipinski definition) is 2. The van der Waals surface area contributed by atoms with Gasteiger partial charge in [-0.3, -0.25) is 4.79 Å². The molecule has 25 heavy (non-hydrogen) atoms. The number of amides is 1. The molecule has 1 aromatic carbocycles. The van der Waals surface area contributed by atoms with Crippen LogP contribution in [0.2, 0.25) is 0 Å². The molecule has 1 aliphatic rings. The highest BCUT2D eigenvalue weighted by molar-refractivity contribution is 5.83. The van der Waals surface area contributed by atoms with E-state index in [0.29, 0.717) is 32.8 Å². The summed E-state index contributed by atoms with van der Waals surface area (Å²) < 4.78 is 10.9. The monoisotopic (exact) mass is 349 g/mol. The molecular weight excluding hydrogens is 322 g/mol. The molecule has 1 heterocycles. The van der Waals surface area contributed by atoms with Gasteiger partial charge >= 0.3 is 5.97 Å². The standard InChI is InChI=1S/C19H27NO5/c21-17(20-18(19(22)23)16-8-4-12-25-14-16)9-5-11-24-13-10-15-6-2-1-3-7-15/h1-3,6-7,16,18H,4-5,8-14H2,(H,20,21)(H,22,23). The van der Waals surface area contributed by atoms with Crippen LogP contribution in [0.5, 0.6) is 0 Å². The number of carboxylic acids is 1. The molecule has 6 heteroatoms. The van der Waals surface area contributed by atoms with Gasteiger partial charge in [0.25, 0.3) is 0 Å². The lowest BCUT2D eigenvalue weighted by Crippen LogP contribution is -2.48. The van der Waals surface area contributed by atoms with Crippen molar-refractivity contribution in [2.45, 2.75) is 38.1 Å². The van der Waals surface area contributed by atoms with Gasteiger partial charge in [-0.15, -0.1) is 0 Å². The molecule has 1 fully saturated rings. The molecule has 1 saturated heterocycles. The number of carboxylic acid groups (broad SMARTS) is 1. The number of carbonyl (C=O) groups excluding carboxylic acids is 1. The van der Waals surface area contributed by atoms with Crippen molar-refractivity contribution in [1.82, 2.24) is 5.32 Å². The van der Waals surface area contributed by atoms with Crippen LogP contribution in [0.3, 0.4) is 0 Å². The average molecular weight is 349 g/mol. The molecule has 2 atom stereocenters. The first-order valence-corrected chi connectivity index (χ1v) is 8.88. The topological polar surface area (TPSA) is 84.9 Å². The minimum absolute atomic E-state index is 0.155. The zero-order valence-electron chi connectivity index (χ0n) is 14.5. The lowest BCUT2D eigenvalue weighted by Gasteiger charge is -2.28. The van der Waals surface area contributed by atoms with Crippen molar-refractivity contribution >= 4 is 11.9 Å². The fourth-order valence-corrected chi connectivity index (χ4v) is 2.93. The van der Waals surface area contributed by atoms with E-state index >= 15 is 0 Å². The summed E-state index contributed by atoms with van der Waals surface area (Å²) in [5.41, 5.74) is 1.22. The second-order valence-corrected chi connectivity index (χ2v) is 6.31. The minimum atomic E-state index is -0.997. The second-order valence-electron chi connectivity index (χ2n) is 6.31. The van der Waals surface area contributed by atoms with E-state index in [4.69, 9.17) is 9.47 Å². The Bertz CT molecular complexity index is 528. The Morgan fingerprint density at radius 3 is 2.76 bits per heavy atom. The molecule has 0 spiro atoms. The normalized spacial score (nSPS) is 18.5. The Morgan fingerprint density at radius 2 is 2.08 bits per heavy atom. The summed E-state index contributed by atoms with van der Waals surface area (Å²) in [5, 5.41) is 12.0. The third kappa shape index (κ3) is 7.23. The molecule has 1 aromatic rings. The van der Waals surface area contributed by atoms with Gasteiger partial charge in [-0.05, 0) is 31.2 Å². The Labute approximate surface area is 148 Å². The first kappa shape index (κ1) is 19.4. The van der Waals surface area contributed by atoms with E-state index in [1.807, 2.05) is 18.2 Å². The average Bonchev–Trinajstić information content (AvgIpc) is 2.64. The van der Waals surface area contributed by atoms with Gasteiger partial charge in [0.05, 0.1) is 13.2 Å². The quantitative estimate of drug-likeness (QED) is 0.631. The summed E-state index contributed by atoms with van der Waals surface area (Å²) in [6.07, 6.45) is 3.28. The molecule has 0 aliphatic carbocycles. The van der Waals surface area contributed by atoms with Crippen molar-refractivity contribution in [2.75, 3.05) is 26.4 Å². The maximum Gasteiger partial charge on any atom is 0.326 e. The lowest BCUT2D eigenvalue weighted by molar-refractivity contribution is -0.145. The van der Waals surface area contributed by atoms with Crippen molar-refractivity contribution in [2.24, 2.45) is 5.92 Å². The fourth-order valence-electron chi connectivity index (χ4n) is 2.93. The van der Waals surface area contributed by atoms with Crippen molar-refractivity contribution in [3.05, 3.63) is 35.9 Å². The van der Waals surface area contributed by atoms with Gasteiger partial charge in [0.15, 0.2) is 0 Å². The molecule has 2 N–H and O–H groups in total. The SMILES string of the molecule is O=C(CCCOCCc1ccccc1)NC(C(=O)O)C1CCCOC1. The van der Waals surface area contributed by atoms with Crippen LogP contribution in [-0.2, 0) is 25.5 Å². The number of hydrogen-bond acceptors (Lipinski definition) is 4. The smallest absolute Gasteiger partial charge is 0.326 e. The number of nitrogens with one attached hydrogen (secondary N) is 1. The van der Waals surface area contributed by atoms with Crippen molar-refractivity contribution in [3.63, 3.8) is 0 Å². The maximum absolute atomic E-state index is 12.0. The first-order chi connectivity index (χ1) is 12.2. The van der Waals surface area contributed by atoms with Gasteiger partial charge < -0.3 is 19.9 Å².